The van der Waals surface area contributed by atoms with Gasteiger partial charge in [-0.25, -0.2) is 0 Å². The van der Waals surface area contributed by atoms with E-state index in [1.807, 2.05) is 69.3 Å². The van der Waals surface area contributed by atoms with Crippen LogP contribution >= 0.6 is 60.1 Å². The van der Waals surface area contributed by atoms with Gasteiger partial charge in [-0.05, 0) is 319 Å². The number of para-hydroxylation sites is 2. The molecular weight excluding hydrogens is 1950 g/mol. The number of rotatable bonds is 28. The molecule has 14 nitrogen and oxygen atoms in total. The summed E-state index contributed by atoms with van der Waals surface area (Å²) in [6.45, 7) is 44.9. The molecule has 790 valence electrons. The molecular formula is C127H170N7O7P7. The molecule has 0 aromatic heterocycles. The minimum Gasteiger partial charge on any atom is -0.507 e. The molecule has 7 N–H and O–H groups in total. The van der Waals surface area contributed by atoms with E-state index in [4.69, 9.17) is 0 Å². The molecule has 0 aliphatic rings. The molecule has 0 saturated carbocycles. The lowest BCUT2D eigenvalue weighted by Crippen LogP contribution is -2.22. The van der Waals surface area contributed by atoms with Gasteiger partial charge in [-0.15, -0.1) is 0 Å². The topological polar surface area (TPSA) is 164 Å². The first kappa shape index (κ1) is 124. The number of benzene rings is 14. The van der Waals surface area contributed by atoms with E-state index in [0.29, 0.717) is 100 Å². The van der Waals surface area contributed by atoms with Crippen LogP contribution in [0.1, 0.15) is 178 Å². The Bertz CT molecular complexity index is 6500. The molecule has 7 unspecified atom stereocenters. The summed E-state index contributed by atoms with van der Waals surface area (Å²) >= 11 is 0. The molecule has 14 aromatic carbocycles. The number of hydrogen-bond donors (Lipinski definition) is 7. The number of aromatic hydroxyl groups is 7. The SMILES string of the molecule is CN(C)Cc1ccccc1Pc1cc(C(C)(C)C)cc(C(C)(C)C)c1O.CN(C)Cc1ccccc1Pc1ccccc1O.Cc1cc(C(C)(C)C)cc(Pc2ccccc2CN(C)C)c1O.Cc1cc(C)c(O)c(Pc2ccccc2CN(C)C)c1.Cc1cc(Pc2ccccc2CN(C)C)c(O)c(C(C)(C)C)c1.Cc1ccc(O)c(Pc2ccccc2CN(C)C)c1.Cc1cccc(Pc2ccccc2CN(C)C)c1O. The normalized spacial score (nSPS) is 12.1. The predicted molar refractivity (Wildman–Crippen MR) is 660 cm³/mol. The predicted octanol–water partition coefficient (Wildman–Crippen LogP) is 21.6. The lowest BCUT2D eigenvalue weighted by atomic mass is 9.80. The van der Waals surface area contributed by atoms with Gasteiger partial charge in [0.25, 0.3) is 0 Å². The van der Waals surface area contributed by atoms with Gasteiger partial charge in [-0.2, -0.15) is 0 Å². The van der Waals surface area contributed by atoms with Crippen LogP contribution in [0.25, 0.3) is 0 Å². The van der Waals surface area contributed by atoms with Gasteiger partial charge < -0.3 is 70.0 Å². The summed E-state index contributed by atoms with van der Waals surface area (Å²) in [4.78, 5) is 15.2. The van der Waals surface area contributed by atoms with Crippen molar-refractivity contribution in [3.8, 4) is 40.2 Å². The number of phenolic OH excluding ortho intramolecular Hbond substituents is 7. The Labute approximate surface area is 902 Å². The Kier molecular flexibility index (Phi) is 48.7. The van der Waals surface area contributed by atoms with E-state index in [9.17, 15) is 35.7 Å². The molecule has 0 radical (unpaired) electrons. The highest BCUT2D eigenvalue weighted by atomic mass is 31.1. The van der Waals surface area contributed by atoms with Crippen molar-refractivity contribution >= 4 is 134 Å². The Morgan fingerprint density at radius 2 is 0.412 bits per heavy atom. The highest BCUT2D eigenvalue weighted by Gasteiger charge is 2.28. The number of hydrogen-bond acceptors (Lipinski definition) is 14. The molecule has 21 heteroatoms. The summed E-state index contributed by atoms with van der Waals surface area (Å²) < 4.78 is 0. The first-order valence-corrected chi connectivity index (χ1v) is 57.7. The number of aryl methyl sites for hydroxylation is 6. The third-order valence-corrected chi connectivity index (χ3v) is 34.1. The quantitative estimate of drug-likeness (QED) is 0.0232. The lowest BCUT2D eigenvalue weighted by Gasteiger charge is -2.28. The van der Waals surface area contributed by atoms with Crippen LogP contribution in [0, 0.1) is 41.5 Å². The molecule has 14 aromatic rings. The van der Waals surface area contributed by atoms with Crippen LogP contribution in [0.5, 0.6) is 40.2 Å². The van der Waals surface area contributed by atoms with E-state index < -0.39 is 0 Å². The Morgan fingerprint density at radius 3 is 0.730 bits per heavy atom. The van der Waals surface area contributed by atoms with Gasteiger partial charge >= 0.3 is 0 Å². The zero-order valence-corrected chi connectivity index (χ0v) is 101. The minimum atomic E-state index is -0.0896. The maximum absolute atomic E-state index is 11.0. The molecule has 0 saturated heterocycles. The van der Waals surface area contributed by atoms with E-state index in [-0.39, 0.29) is 21.7 Å². The summed E-state index contributed by atoms with van der Waals surface area (Å²) in [6.07, 6.45) is 0. The molecule has 148 heavy (non-hydrogen) atoms. The Morgan fingerprint density at radius 1 is 0.182 bits per heavy atom. The van der Waals surface area contributed by atoms with Crippen LogP contribution < -0.4 is 74.3 Å². The average molecular weight is 2120 g/mol. The highest BCUT2D eigenvalue weighted by Crippen LogP contribution is 2.40. The third kappa shape index (κ3) is 40.2. The summed E-state index contributed by atoms with van der Waals surface area (Å²) in [6, 6.07) is 95.7. The summed E-state index contributed by atoms with van der Waals surface area (Å²) in [5, 5.41) is 88.9. The number of phenols is 7. The Hall–Kier alpha value is -9.59. The van der Waals surface area contributed by atoms with Crippen molar-refractivity contribution in [2.24, 2.45) is 0 Å². The standard InChI is InChI=1S/C23H34NOP.2C20H28NOP.C17H22NOP.2C16H20NOP.C15H18NOP/c1-22(2,3)17-13-18(23(4,5)6)21(25)20(14-17)26-19-12-10-9-11-16(19)15-24(7)8;1-14-11-16(20(2,3)4)12-18(19(14)22)23-17-10-8-7-9-15(17)13-21(5)6;1-14-11-16(20(2,3)4)19(22)18(12-14)23-17-10-8-7-9-15(17)13-21(5)6;1-12-9-13(2)17(19)16(10-12)20-15-8-6-5-7-14(15)11-18(3)4;1-12-7-6-10-15(16(12)18)19-14-9-5-4-8-13(14)11-17(2)3;1-12-8-9-14(18)16(10-12)19-15-7-5-4-6-13(15)11-17(2)3;1-16(2)11-12-7-3-5-9-14(12)18-15-10-6-4-8-13(15)17/h9-14,25-26H,15H2,1-8H3;2*7-12,22-23H,13H2,1-6H3;5-10,19-20H,11H2,1-4H3;2*4-10,18-19H,11H2,1-3H3;3-10,17-18H,11H2,1-2H3. The van der Waals surface area contributed by atoms with Gasteiger partial charge in [-0.3, -0.25) is 0 Å². The fourth-order valence-corrected chi connectivity index (χ4v) is 25.6. The van der Waals surface area contributed by atoms with Crippen molar-refractivity contribution in [2.75, 3.05) is 98.7 Å². The zero-order chi connectivity index (χ0) is 109. The van der Waals surface area contributed by atoms with Crippen LogP contribution in [0.3, 0.4) is 0 Å². The summed E-state index contributed by atoms with van der Waals surface area (Å²) in [5.74, 6) is 3.01. The first-order chi connectivity index (χ1) is 69.5. The van der Waals surface area contributed by atoms with Crippen LogP contribution in [0.15, 0.2) is 279 Å². The van der Waals surface area contributed by atoms with Crippen LogP contribution in [0.4, 0.5) is 0 Å². The van der Waals surface area contributed by atoms with Gasteiger partial charge in [0, 0.05) is 94.1 Å². The second kappa shape index (κ2) is 58.3. The van der Waals surface area contributed by atoms with Gasteiger partial charge in [0.05, 0.1) is 0 Å². The van der Waals surface area contributed by atoms with E-state index in [2.05, 4.69) is 455 Å². The van der Waals surface area contributed by atoms with Gasteiger partial charge in [0.2, 0.25) is 0 Å². The maximum atomic E-state index is 11.0. The largest absolute Gasteiger partial charge is 0.507 e. The van der Waals surface area contributed by atoms with Crippen molar-refractivity contribution in [1.82, 2.24) is 34.3 Å². The average Bonchev–Trinajstić information content (AvgIpc) is 0.773. The highest BCUT2D eigenvalue weighted by molar-refractivity contribution is 7.58. The lowest BCUT2D eigenvalue weighted by molar-refractivity contribution is 0.403. The van der Waals surface area contributed by atoms with Crippen LogP contribution in [0.2, 0.25) is 0 Å². The second-order valence-electron chi connectivity index (χ2n) is 44.4. The monoisotopic (exact) mass is 2120 g/mol. The fraction of sp³-hybridized carbons (Fsp3) is 0.339. The van der Waals surface area contributed by atoms with Crippen molar-refractivity contribution in [2.45, 2.75) is 192 Å². The zero-order valence-electron chi connectivity index (χ0n) is 94.3. The van der Waals surface area contributed by atoms with Crippen molar-refractivity contribution in [1.29, 1.82) is 0 Å². The minimum absolute atomic E-state index is 0.0517. The van der Waals surface area contributed by atoms with Gasteiger partial charge in [0.1, 0.15) is 40.2 Å². The molecule has 7 atom stereocenters. The fourth-order valence-electron chi connectivity index (χ4n) is 16.5. The third-order valence-electron chi connectivity index (χ3n) is 24.2. The van der Waals surface area contributed by atoms with E-state index >= 15 is 0 Å². The summed E-state index contributed by atoms with van der Waals surface area (Å²) in [7, 11) is 32.5. The molecule has 0 bridgehead atoms. The number of nitrogens with zero attached hydrogens (tertiary/aromatic N) is 7. The van der Waals surface area contributed by atoms with Crippen LogP contribution in [-0.2, 0) is 67.5 Å². The maximum Gasteiger partial charge on any atom is 0.127 e. The molecule has 0 amide bonds. The van der Waals surface area contributed by atoms with Crippen molar-refractivity contribution < 1.29 is 35.7 Å². The molecule has 0 heterocycles. The molecule has 0 spiro atoms. The van der Waals surface area contributed by atoms with Crippen molar-refractivity contribution in [3.63, 3.8) is 0 Å². The van der Waals surface area contributed by atoms with Gasteiger partial charge in [0.15, 0.2) is 0 Å². The van der Waals surface area contributed by atoms with E-state index in [1.54, 1.807) is 12.1 Å². The second-order valence-corrected chi connectivity index (χ2v) is 53.7. The first-order valence-electron chi connectivity index (χ1n) is 50.7. The molecule has 0 fully saturated rings. The Balaban J connectivity index is 0.000000211. The van der Waals surface area contributed by atoms with Crippen molar-refractivity contribution in [3.05, 3.63) is 374 Å². The van der Waals surface area contributed by atoms with E-state index in [0.717, 1.165) is 111 Å². The van der Waals surface area contributed by atoms with E-state index in [1.165, 1.54) is 104 Å². The summed E-state index contributed by atoms with van der Waals surface area (Å²) in [5.41, 5.74) is 20.4. The van der Waals surface area contributed by atoms with Gasteiger partial charge in [-0.1, -0.05) is 385 Å². The molecule has 14 rings (SSSR count). The smallest absolute Gasteiger partial charge is 0.127 e. The molecule has 0 aliphatic carbocycles. The van der Waals surface area contributed by atoms with Crippen LogP contribution in [-0.4, -0.2) is 169 Å². The molecule has 0 aliphatic heterocycles.